The summed E-state index contributed by atoms with van der Waals surface area (Å²) in [5.74, 6) is -1.63. The average Bonchev–Trinajstić information content (AvgIpc) is 3.10. The summed E-state index contributed by atoms with van der Waals surface area (Å²) in [6, 6.07) is 20.6. The number of benzene rings is 2. The molecule has 0 radical (unpaired) electrons. The fourth-order valence-corrected chi connectivity index (χ4v) is 3.83. The number of anilines is 1. The minimum atomic E-state index is -1.13. The average molecular weight is 431 g/mol. The first-order valence-corrected chi connectivity index (χ1v) is 10.0. The largest absolute Gasteiger partial charge is 0.480 e. The van der Waals surface area contributed by atoms with Crippen LogP contribution in [0.4, 0.5) is 10.6 Å². The van der Waals surface area contributed by atoms with Crippen molar-refractivity contribution in [3.05, 3.63) is 83.6 Å². The molecule has 0 atom stereocenters. The maximum absolute atomic E-state index is 12.4. The molecular weight excluding hydrogens is 410 g/mol. The summed E-state index contributed by atoms with van der Waals surface area (Å²) >= 11 is 0. The van der Waals surface area contributed by atoms with Crippen molar-refractivity contribution in [2.45, 2.75) is 5.92 Å². The normalized spacial score (nSPS) is 11.9. The number of carboxylic acids is 1. The lowest BCUT2D eigenvalue weighted by Crippen LogP contribution is -2.32. The zero-order valence-corrected chi connectivity index (χ0v) is 17.3. The van der Waals surface area contributed by atoms with Crippen LogP contribution in [-0.2, 0) is 9.53 Å². The van der Waals surface area contributed by atoms with Gasteiger partial charge in [0, 0.05) is 13.0 Å². The number of fused-ring (bicyclic) bond motifs is 3. The molecule has 0 fully saturated rings. The highest BCUT2D eigenvalue weighted by Gasteiger charge is 2.29. The molecule has 3 aromatic rings. The molecular formula is C24H21N3O5. The number of carbonyl (C=O) groups is 3. The minimum Gasteiger partial charge on any atom is -0.480 e. The van der Waals surface area contributed by atoms with Gasteiger partial charge in [-0.15, -0.1) is 0 Å². The Hall–Kier alpha value is -4.20. The number of rotatable bonds is 6. The van der Waals surface area contributed by atoms with E-state index in [1.807, 2.05) is 36.4 Å². The second-order valence-electron chi connectivity index (χ2n) is 7.41. The second kappa shape index (κ2) is 8.89. The Morgan fingerprint density at radius 3 is 2.22 bits per heavy atom. The zero-order chi connectivity index (χ0) is 22.7. The Balaban J connectivity index is 1.42. The molecule has 2 aromatic carbocycles. The summed E-state index contributed by atoms with van der Waals surface area (Å²) in [5, 5.41) is 11.4. The zero-order valence-electron chi connectivity index (χ0n) is 17.3. The highest BCUT2D eigenvalue weighted by atomic mass is 16.5. The van der Waals surface area contributed by atoms with E-state index in [0.717, 1.165) is 27.2 Å². The Bertz CT molecular complexity index is 1150. The highest BCUT2D eigenvalue weighted by molar-refractivity contribution is 5.94. The maximum Gasteiger partial charge on any atom is 0.412 e. The third-order valence-electron chi connectivity index (χ3n) is 5.26. The van der Waals surface area contributed by atoms with E-state index in [1.54, 1.807) is 6.07 Å². The molecule has 162 valence electrons. The van der Waals surface area contributed by atoms with Gasteiger partial charge in [0.25, 0.3) is 5.91 Å². The van der Waals surface area contributed by atoms with Gasteiger partial charge in [0.2, 0.25) is 0 Å². The van der Waals surface area contributed by atoms with Crippen LogP contribution in [0.5, 0.6) is 0 Å². The first kappa shape index (κ1) is 21.0. The van der Waals surface area contributed by atoms with Gasteiger partial charge in [-0.05, 0) is 34.4 Å². The molecule has 8 heteroatoms. The number of pyridine rings is 1. The molecule has 2 N–H and O–H groups in total. The molecule has 2 amide bonds. The SMILES string of the molecule is CN(CC(=O)O)C(=O)c1cccc(NC(=O)OCC2c3ccccc3-c3ccccc32)n1. The summed E-state index contributed by atoms with van der Waals surface area (Å²) in [6.07, 6.45) is -0.692. The molecule has 0 unspecified atom stereocenters. The van der Waals surface area contributed by atoms with Crippen molar-refractivity contribution >= 4 is 23.8 Å². The van der Waals surface area contributed by atoms with Crippen molar-refractivity contribution in [1.29, 1.82) is 0 Å². The van der Waals surface area contributed by atoms with E-state index >= 15 is 0 Å². The number of hydrogen-bond acceptors (Lipinski definition) is 5. The predicted molar refractivity (Wildman–Crippen MR) is 118 cm³/mol. The highest BCUT2D eigenvalue weighted by Crippen LogP contribution is 2.44. The molecule has 1 aliphatic rings. The van der Waals surface area contributed by atoms with Gasteiger partial charge in [-0.1, -0.05) is 54.6 Å². The topological polar surface area (TPSA) is 109 Å². The monoisotopic (exact) mass is 431 g/mol. The van der Waals surface area contributed by atoms with Crippen molar-refractivity contribution in [1.82, 2.24) is 9.88 Å². The predicted octanol–water partition coefficient (Wildman–Crippen LogP) is 3.60. The lowest BCUT2D eigenvalue weighted by atomic mass is 9.98. The molecule has 0 saturated carbocycles. The van der Waals surface area contributed by atoms with Gasteiger partial charge in [0.05, 0.1) is 0 Å². The molecule has 1 heterocycles. The van der Waals surface area contributed by atoms with Crippen LogP contribution < -0.4 is 5.32 Å². The van der Waals surface area contributed by atoms with Crippen LogP contribution in [0.3, 0.4) is 0 Å². The number of carboxylic acid groups (broad SMARTS) is 1. The van der Waals surface area contributed by atoms with E-state index in [-0.39, 0.29) is 24.0 Å². The number of nitrogens with zero attached hydrogens (tertiary/aromatic N) is 2. The molecule has 32 heavy (non-hydrogen) atoms. The number of aliphatic carboxylic acids is 1. The van der Waals surface area contributed by atoms with Gasteiger partial charge < -0.3 is 14.7 Å². The summed E-state index contributed by atoms with van der Waals surface area (Å²) in [4.78, 5) is 40.6. The third kappa shape index (κ3) is 4.29. The fourth-order valence-electron chi connectivity index (χ4n) is 3.83. The number of amides is 2. The second-order valence-corrected chi connectivity index (χ2v) is 7.41. The third-order valence-corrected chi connectivity index (χ3v) is 5.26. The number of nitrogens with one attached hydrogen (secondary N) is 1. The van der Waals surface area contributed by atoms with Crippen LogP contribution in [0.15, 0.2) is 66.7 Å². The molecule has 1 aliphatic carbocycles. The standard InChI is InChI=1S/C24H21N3O5/c1-27(13-22(28)29)23(30)20-11-6-12-21(25-20)26-24(31)32-14-19-17-9-4-2-7-15(17)16-8-3-5-10-18(16)19/h2-12,19H,13-14H2,1H3,(H,28,29)(H,25,26,31). The van der Waals surface area contributed by atoms with Crippen molar-refractivity contribution in [2.75, 3.05) is 25.5 Å². The van der Waals surface area contributed by atoms with Gasteiger partial charge in [-0.2, -0.15) is 0 Å². The lowest BCUT2D eigenvalue weighted by molar-refractivity contribution is -0.137. The van der Waals surface area contributed by atoms with Gasteiger partial charge in [-0.25, -0.2) is 9.78 Å². The molecule has 0 bridgehead atoms. The Kier molecular flexibility index (Phi) is 5.85. The van der Waals surface area contributed by atoms with Crippen molar-refractivity contribution < 1.29 is 24.2 Å². The molecule has 0 spiro atoms. The first-order valence-electron chi connectivity index (χ1n) is 10.0. The summed E-state index contributed by atoms with van der Waals surface area (Å²) < 4.78 is 5.48. The Labute approximate surface area is 184 Å². The fraction of sp³-hybridized carbons (Fsp3) is 0.167. The Morgan fingerprint density at radius 1 is 0.969 bits per heavy atom. The van der Waals surface area contributed by atoms with Crippen molar-refractivity contribution in [3.63, 3.8) is 0 Å². The van der Waals surface area contributed by atoms with E-state index < -0.39 is 24.5 Å². The molecule has 1 aromatic heterocycles. The minimum absolute atomic E-state index is 0.0187. The number of hydrogen-bond donors (Lipinski definition) is 2. The van der Waals surface area contributed by atoms with Crippen LogP contribution in [0, 0.1) is 0 Å². The summed E-state index contributed by atoms with van der Waals surface area (Å²) in [5.41, 5.74) is 4.50. The van der Waals surface area contributed by atoms with E-state index in [4.69, 9.17) is 9.84 Å². The smallest absolute Gasteiger partial charge is 0.412 e. The maximum atomic E-state index is 12.4. The molecule has 8 nitrogen and oxygen atoms in total. The molecule has 0 saturated heterocycles. The van der Waals surface area contributed by atoms with Gasteiger partial charge in [-0.3, -0.25) is 14.9 Å². The number of ether oxygens (including phenoxy) is 1. The number of aromatic nitrogens is 1. The lowest BCUT2D eigenvalue weighted by Gasteiger charge is -2.15. The van der Waals surface area contributed by atoms with E-state index in [1.165, 1.54) is 19.2 Å². The van der Waals surface area contributed by atoms with Gasteiger partial charge in [0.1, 0.15) is 24.7 Å². The van der Waals surface area contributed by atoms with Crippen LogP contribution in [-0.4, -0.2) is 53.2 Å². The number of carbonyl (C=O) groups excluding carboxylic acids is 2. The Morgan fingerprint density at radius 2 is 1.59 bits per heavy atom. The molecule has 0 aliphatic heterocycles. The van der Waals surface area contributed by atoms with Gasteiger partial charge in [0.15, 0.2) is 0 Å². The van der Waals surface area contributed by atoms with Crippen molar-refractivity contribution in [3.8, 4) is 11.1 Å². The molecule has 4 rings (SSSR count). The van der Waals surface area contributed by atoms with Crippen LogP contribution in [0.1, 0.15) is 27.5 Å². The van der Waals surface area contributed by atoms with E-state index in [0.29, 0.717) is 0 Å². The number of likely N-dealkylation sites (N-methyl/N-ethyl adjacent to an activating group) is 1. The van der Waals surface area contributed by atoms with Crippen LogP contribution in [0.2, 0.25) is 0 Å². The van der Waals surface area contributed by atoms with Gasteiger partial charge >= 0.3 is 12.1 Å². The van der Waals surface area contributed by atoms with Crippen LogP contribution in [0.25, 0.3) is 11.1 Å². The summed E-state index contributed by atoms with van der Waals surface area (Å²) in [7, 11) is 1.36. The van der Waals surface area contributed by atoms with E-state index in [9.17, 15) is 14.4 Å². The quantitative estimate of drug-likeness (QED) is 0.617. The van der Waals surface area contributed by atoms with Crippen molar-refractivity contribution in [2.24, 2.45) is 0 Å². The summed E-state index contributed by atoms with van der Waals surface area (Å²) in [6.45, 7) is -0.301. The van der Waals surface area contributed by atoms with E-state index in [2.05, 4.69) is 22.4 Å². The van der Waals surface area contributed by atoms with Crippen LogP contribution >= 0.6 is 0 Å². The first-order chi connectivity index (χ1) is 15.4.